The van der Waals surface area contributed by atoms with Crippen molar-refractivity contribution in [3.05, 3.63) is 65.1 Å². The van der Waals surface area contributed by atoms with Crippen LogP contribution in [0.1, 0.15) is 40.4 Å². The van der Waals surface area contributed by atoms with E-state index in [1.807, 2.05) is 36.1 Å². The van der Waals surface area contributed by atoms with Gasteiger partial charge in [0, 0.05) is 38.2 Å². The molecule has 0 aliphatic carbocycles. The van der Waals surface area contributed by atoms with Crippen molar-refractivity contribution in [2.45, 2.75) is 25.2 Å². The molecule has 1 saturated heterocycles. The van der Waals surface area contributed by atoms with Gasteiger partial charge in [-0.1, -0.05) is 35.5 Å². The van der Waals surface area contributed by atoms with Crippen molar-refractivity contribution < 1.29 is 4.52 Å². The van der Waals surface area contributed by atoms with Crippen molar-refractivity contribution in [2.75, 3.05) is 13.1 Å². The zero-order valence-corrected chi connectivity index (χ0v) is 13.9. The summed E-state index contributed by atoms with van der Waals surface area (Å²) in [6.07, 6.45) is 2.66. The van der Waals surface area contributed by atoms with E-state index in [-0.39, 0.29) is 5.92 Å². The van der Waals surface area contributed by atoms with Crippen LogP contribution in [0, 0.1) is 6.92 Å². The molecule has 3 heterocycles. The second-order valence-corrected chi connectivity index (χ2v) is 6.39. The number of benzene rings is 1. The zero-order valence-electron chi connectivity index (χ0n) is 13.9. The summed E-state index contributed by atoms with van der Waals surface area (Å²) in [6.45, 7) is 3.87. The molecule has 0 radical (unpaired) electrons. The minimum atomic E-state index is 0.199. The van der Waals surface area contributed by atoms with Gasteiger partial charge in [0.15, 0.2) is 5.82 Å². The molecule has 1 aliphatic rings. The lowest BCUT2D eigenvalue weighted by Crippen LogP contribution is -2.10. The van der Waals surface area contributed by atoms with Gasteiger partial charge in [-0.05, 0) is 18.1 Å². The fourth-order valence-electron chi connectivity index (χ4n) is 3.41. The van der Waals surface area contributed by atoms with Crippen molar-refractivity contribution in [2.24, 2.45) is 7.05 Å². The Morgan fingerprint density at radius 2 is 2.00 bits per heavy atom. The molecule has 6 nitrogen and oxygen atoms in total. The van der Waals surface area contributed by atoms with Gasteiger partial charge < -0.3 is 9.84 Å². The minimum absolute atomic E-state index is 0.199. The molecule has 1 fully saturated rings. The van der Waals surface area contributed by atoms with Gasteiger partial charge in [-0.25, -0.2) is 0 Å². The molecule has 0 saturated carbocycles. The van der Waals surface area contributed by atoms with Crippen LogP contribution in [0.3, 0.4) is 0 Å². The van der Waals surface area contributed by atoms with E-state index in [0.29, 0.717) is 12.3 Å². The molecular formula is C18H21N5O. The smallest absolute Gasteiger partial charge is 0.231 e. The number of nitrogens with one attached hydrogen (secondary N) is 1. The first-order valence-electron chi connectivity index (χ1n) is 8.28. The van der Waals surface area contributed by atoms with Gasteiger partial charge in [0.2, 0.25) is 5.89 Å². The predicted molar refractivity (Wildman–Crippen MR) is 89.8 cm³/mol. The minimum Gasteiger partial charge on any atom is -0.339 e. The molecule has 1 N–H and O–H groups in total. The first kappa shape index (κ1) is 15.1. The summed E-state index contributed by atoms with van der Waals surface area (Å²) in [5.74, 6) is 1.98. The number of hydrogen-bond donors (Lipinski definition) is 1. The first-order valence-corrected chi connectivity index (χ1v) is 8.28. The Hall–Kier alpha value is -2.47. The Bertz CT molecular complexity index is 823. The fourth-order valence-corrected chi connectivity index (χ4v) is 3.41. The van der Waals surface area contributed by atoms with Gasteiger partial charge in [-0.2, -0.15) is 10.1 Å². The molecule has 2 aromatic heterocycles. The largest absolute Gasteiger partial charge is 0.339 e. The molecule has 124 valence electrons. The zero-order chi connectivity index (χ0) is 16.5. The molecule has 0 amide bonds. The van der Waals surface area contributed by atoms with E-state index in [2.05, 4.69) is 39.6 Å². The standard InChI is InChI=1S/C18H21N5O/c1-12-14(11-20-23(12)2)15-9-19-10-16(15)18-21-17(22-24-18)8-13-6-4-3-5-7-13/h3-7,11,15-16,19H,8-10H2,1-2H3/t15-,16+/m0/s1. The fraction of sp³-hybridized carbons (Fsp3) is 0.389. The van der Waals surface area contributed by atoms with Crippen LogP contribution in [0.4, 0.5) is 0 Å². The maximum absolute atomic E-state index is 5.59. The number of hydrogen-bond acceptors (Lipinski definition) is 5. The molecule has 24 heavy (non-hydrogen) atoms. The molecule has 2 atom stereocenters. The lowest BCUT2D eigenvalue weighted by Gasteiger charge is -2.14. The Kier molecular flexibility index (Phi) is 3.90. The molecular weight excluding hydrogens is 302 g/mol. The molecule has 3 aromatic rings. The summed E-state index contributed by atoms with van der Waals surface area (Å²) in [6, 6.07) is 10.2. The number of aryl methyl sites for hydroxylation is 1. The van der Waals surface area contributed by atoms with E-state index >= 15 is 0 Å². The molecule has 0 spiro atoms. The van der Waals surface area contributed by atoms with E-state index < -0.39 is 0 Å². The number of aromatic nitrogens is 4. The normalized spacial score (nSPS) is 20.6. The van der Waals surface area contributed by atoms with Crippen LogP contribution in [0.25, 0.3) is 0 Å². The van der Waals surface area contributed by atoms with Crippen molar-refractivity contribution in [1.29, 1.82) is 0 Å². The highest BCUT2D eigenvalue weighted by molar-refractivity contribution is 5.27. The Balaban J connectivity index is 1.56. The summed E-state index contributed by atoms with van der Waals surface area (Å²) in [4.78, 5) is 4.65. The monoisotopic (exact) mass is 323 g/mol. The van der Waals surface area contributed by atoms with Crippen molar-refractivity contribution in [1.82, 2.24) is 25.2 Å². The van der Waals surface area contributed by atoms with Crippen LogP contribution >= 0.6 is 0 Å². The Morgan fingerprint density at radius 1 is 1.21 bits per heavy atom. The molecule has 0 unspecified atom stereocenters. The van der Waals surface area contributed by atoms with Crippen LogP contribution in [0.5, 0.6) is 0 Å². The highest BCUT2D eigenvalue weighted by Crippen LogP contribution is 2.36. The van der Waals surface area contributed by atoms with Crippen LogP contribution in [-0.4, -0.2) is 33.0 Å². The summed E-state index contributed by atoms with van der Waals surface area (Å²) in [7, 11) is 1.97. The number of rotatable bonds is 4. The van der Waals surface area contributed by atoms with Crippen molar-refractivity contribution in [3.63, 3.8) is 0 Å². The molecule has 1 aliphatic heterocycles. The Morgan fingerprint density at radius 3 is 2.75 bits per heavy atom. The van der Waals surface area contributed by atoms with Gasteiger partial charge >= 0.3 is 0 Å². The van der Waals surface area contributed by atoms with Gasteiger partial charge in [-0.3, -0.25) is 4.68 Å². The van der Waals surface area contributed by atoms with Crippen LogP contribution in [0.15, 0.2) is 41.1 Å². The summed E-state index contributed by atoms with van der Waals surface area (Å²) < 4.78 is 7.51. The molecule has 4 rings (SSSR count). The van der Waals surface area contributed by atoms with Crippen LogP contribution < -0.4 is 5.32 Å². The summed E-state index contributed by atoms with van der Waals surface area (Å²) in [5, 5.41) is 12.0. The predicted octanol–water partition coefficient (Wildman–Crippen LogP) is 2.17. The highest BCUT2D eigenvalue weighted by Gasteiger charge is 2.35. The third-order valence-electron chi connectivity index (χ3n) is 4.89. The second-order valence-electron chi connectivity index (χ2n) is 6.39. The third-order valence-corrected chi connectivity index (χ3v) is 4.89. The van der Waals surface area contributed by atoms with Crippen LogP contribution in [-0.2, 0) is 13.5 Å². The average Bonchev–Trinajstić information content (AvgIpc) is 3.30. The van der Waals surface area contributed by atoms with E-state index in [9.17, 15) is 0 Å². The van der Waals surface area contributed by atoms with Gasteiger partial charge in [0.25, 0.3) is 0 Å². The topological polar surface area (TPSA) is 68.8 Å². The lowest BCUT2D eigenvalue weighted by atomic mass is 9.89. The molecule has 0 bridgehead atoms. The lowest BCUT2D eigenvalue weighted by molar-refractivity contribution is 0.347. The van der Waals surface area contributed by atoms with Gasteiger partial charge in [-0.15, -0.1) is 0 Å². The van der Waals surface area contributed by atoms with E-state index in [4.69, 9.17) is 4.52 Å². The summed E-state index contributed by atoms with van der Waals surface area (Å²) in [5.41, 5.74) is 3.64. The Labute approximate surface area is 140 Å². The van der Waals surface area contributed by atoms with E-state index in [1.54, 1.807) is 0 Å². The van der Waals surface area contributed by atoms with Gasteiger partial charge in [0.1, 0.15) is 0 Å². The third kappa shape index (κ3) is 2.73. The van der Waals surface area contributed by atoms with E-state index in [1.165, 1.54) is 16.8 Å². The number of nitrogens with zero attached hydrogens (tertiary/aromatic N) is 4. The second kappa shape index (κ2) is 6.20. The quantitative estimate of drug-likeness (QED) is 0.797. The average molecular weight is 323 g/mol. The SMILES string of the molecule is Cc1c([C@@H]2CNC[C@H]2c2nc(Cc3ccccc3)no2)cnn1C. The maximum atomic E-state index is 5.59. The van der Waals surface area contributed by atoms with Crippen molar-refractivity contribution >= 4 is 0 Å². The van der Waals surface area contributed by atoms with Crippen molar-refractivity contribution in [3.8, 4) is 0 Å². The molecule has 1 aromatic carbocycles. The maximum Gasteiger partial charge on any atom is 0.231 e. The molecule has 6 heteroatoms. The summed E-state index contributed by atoms with van der Waals surface area (Å²) >= 11 is 0. The van der Waals surface area contributed by atoms with Gasteiger partial charge in [0.05, 0.1) is 12.1 Å². The van der Waals surface area contributed by atoms with Crippen LogP contribution in [0.2, 0.25) is 0 Å². The van der Waals surface area contributed by atoms with E-state index in [0.717, 1.165) is 24.8 Å². The highest BCUT2D eigenvalue weighted by atomic mass is 16.5. The first-order chi connectivity index (χ1) is 11.7.